The maximum atomic E-state index is 6.13. The molecule has 3 rings (SSSR count). The van der Waals surface area contributed by atoms with Crippen molar-refractivity contribution in [2.45, 2.75) is 44.2 Å². The maximum absolute atomic E-state index is 6.13. The maximum Gasteiger partial charge on any atom is 0.0702 e. The Hall–Kier alpha value is -1.45. The molecule has 3 nitrogen and oxygen atoms in total. The monoisotopic (exact) mass is 283 g/mol. The Morgan fingerprint density at radius 1 is 1.19 bits per heavy atom. The second-order valence-electron chi connectivity index (χ2n) is 6.38. The van der Waals surface area contributed by atoms with Gasteiger partial charge in [-0.15, -0.1) is 0 Å². The quantitative estimate of drug-likeness (QED) is 0.936. The Labute approximate surface area is 127 Å². The van der Waals surface area contributed by atoms with Crippen molar-refractivity contribution in [1.29, 1.82) is 0 Å². The molecule has 0 aliphatic heterocycles. The lowest BCUT2D eigenvalue weighted by Gasteiger charge is -2.44. The standard InChI is InChI=1S/C18H25N3/c1-21(18(14-19)9-3-2-4-10-18)13-15-7-8-17-16(12-15)6-5-11-20-17/h5-8,11-12H,2-4,9-10,13-14,19H2,1H3. The summed E-state index contributed by atoms with van der Waals surface area (Å²) in [6.45, 7) is 1.72. The molecular weight excluding hydrogens is 258 g/mol. The molecule has 1 aromatic heterocycles. The van der Waals surface area contributed by atoms with Gasteiger partial charge in [-0.05, 0) is 43.7 Å². The van der Waals surface area contributed by atoms with E-state index in [4.69, 9.17) is 5.73 Å². The van der Waals surface area contributed by atoms with Crippen LogP contribution in [0.5, 0.6) is 0 Å². The van der Waals surface area contributed by atoms with E-state index < -0.39 is 0 Å². The molecule has 1 aliphatic rings. The molecule has 0 saturated heterocycles. The molecule has 1 heterocycles. The molecule has 0 spiro atoms. The molecule has 3 heteroatoms. The number of benzene rings is 1. The molecule has 1 saturated carbocycles. The van der Waals surface area contributed by atoms with Crippen molar-refractivity contribution in [3.8, 4) is 0 Å². The fourth-order valence-electron chi connectivity index (χ4n) is 3.62. The van der Waals surface area contributed by atoms with Crippen LogP contribution in [0, 0.1) is 0 Å². The average molecular weight is 283 g/mol. The number of rotatable bonds is 4. The normalized spacial score (nSPS) is 18.2. The van der Waals surface area contributed by atoms with Gasteiger partial charge in [-0.1, -0.05) is 31.4 Å². The van der Waals surface area contributed by atoms with E-state index in [1.165, 1.54) is 43.1 Å². The van der Waals surface area contributed by atoms with Crippen LogP contribution in [0.4, 0.5) is 0 Å². The van der Waals surface area contributed by atoms with Crippen LogP contribution in [0.2, 0.25) is 0 Å². The fraction of sp³-hybridized carbons (Fsp3) is 0.500. The molecule has 1 fully saturated rings. The molecule has 1 aromatic carbocycles. The molecule has 112 valence electrons. The van der Waals surface area contributed by atoms with Crippen LogP contribution in [0.25, 0.3) is 10.9 Å². The van der Waals surface area contributed by atoms with E-state index in [9.17, 15) is 0 Å². The van der Waals surface area contributed by atoms with Gasteiger partial charge in [0.05, 0.1) is 5.52 Å². The average Bonchev–Trinajstić information content (AvgIpc) is 2.55. The Morgan fingerprint density at radius 3 is 2.76 bits per heavy atom. The topological polar surface area (TPSA) is 42.2 Å². The van der Waals surface area contributed by atoms with E-state index in [0.29, 0.717) is 0 Å². The minimum absolute atomic E-state index is 0.197. The molecule has 2 aromatic rings. The van der Waals surface area contributed by atoms with Crippen molar-refractivity contribution in [3.63, 3.8) is 0 Å². The third-order valence-electron chi connectivity index (χ3n) is 5.06. The van der Waals surface area contributed by atoms with Crippen LogP contribution in [0.1, 0.15) is 37.7 Å². The van der Waals surface area contributed by atoms with Gasteiger partial charge < -0.3 is 5.73 Å². The number of likely N-dealkylation sites (N-methyl/N-ethyl adjacent to an activating group) is 1. The molecule has 0 unspecified atom stereocenters. The van der Waals surface area contributed by atoms with Gasteiger partial charge >= 0.3 is 0 Å². The third-order valence-corrected chi connectivity index (χ3v) is 5.06. The number of fused-ring (bicyclic) bond motifs is 1. The van der Waals surface area contributed by atoms with Crippen LogP contribution in [0.15, 0.2) is 36.5 Å². The highest BCUT2D eigenvalue weighted by Crippen LogP contribution is 2.33. The molecule has 0 amide bonds. The number of hydrogen-bond acceptors (Lipinski definition) is 3. The zero-order valence-electron chi connectivity index (χ0n) is 12.9. The molecular formula is C18H25N3. The second-order valence-corrected chi connectivity index (χ2v) is 6.38. The summed E-state index contributed by atoms with van der Waals surface area (Å²) in [6, 6.07) is 10.7. The van der Waals surface area contributed by atoms with Crippen LogP contribution >= 0.6 is 0 Å². The first kappa shape index (κ1) is 14.5. The molecule has 2 N–H and O–H groups in total. The van der Waals surface area contributed by atoms with Crippen molar-refractivity contribution < 1.29 is 0 Å². The Bertz CT molecular complexity index is 602. The fourth-order valence-corrected chi connectivity index (χ4v) is 3.62. The van der Waals surface area contributed by atoms with Gasteiger partial charge in [-0.2, -0.15) is 0 Å². The van der Waals surface area contributed by atoms with Crippen LogP contribution < -0.4 is 5.73 Å². The first-order valence-electron chi connectivity index (χ1n) is 7.98. The summed E-state index contributed by atoms with van der Waals surface area (Å²) in [5.74, 6) is 0. The van der Waals surface area contributed by atoms with E-state index in [0.717, 1.165) is 18.6 Å². The molecule has 1 aliphatic carbocycles. The summed E-state index contributed by atoms with van der Waals surface area (Å²) in [5.41, 5.74) is 8.74. The van der Waals surface area contributed by atoms with Gasteiger partial charge in [0.25, 0.3) is 0 Å². The number of pyridine rings is 1. The predicted molar refractivity (Wildman–Crippen MR) is 88.1 cm³/mol. The summed E-state index contributed by atoms with van der Waals surface area (Å²) < 4.78 is 0. The molecule has 0 bridgehead atoms. The lowest BCUT2D eigenvalue weighted by molar-refractivity contribution is 0.0759. The van der Waals surface area contributed by atoms with Crippen molar-refractivity contribution in [2.24, 2.45) is 5.73 Å². The van der Waals surface area contributed by atoms with Gasteiger partial charge in [0.2, 0.25) is 0 Å². The smallest absolute Gasteiger partial charge is 0.0702 e. The van der Waals surface area contributed by atoms with Gasteiger partial charge in [-0.25, -0.2) is 0 Å². The summed E-state index contributed by atoms with van der Waals surface area (Å²) in [6.07, 6.45) is 8.29. The second kappa shape index (κ2) is 6.12. The first-order valence-corrected chi connectivity index (χ1v) is 7.98. The SMILES string of the molecule is CN(Cc1ccc2ncccc2c1)C1(CN)CCCCC1. The minimum atomic E-state index is 0.197. The van der Waals surface area contributed by atoms with E-state index in [2.05, 4.69) is 41.2 Å². The third kappa shape index (κ3) is 2.94. The van der Waals surface area contributed by atoms with E-state index in [-0.39, 0.29) is 5.54 Å². The van der Waals surface area contributed by atoms with E-state index in [1.807, 2.05) is 12.3 Å². The molecule has 0 radical (unpaired) electrons. The van der Waals surface area contributed by atoms with E-state index in [1.54, 1.807) is 0 Å². The van der Waals surface area contributed by atoms with Gasteiger partial charge in [0.15, 0.2) is 0 Å². The number of nitrogens with zero attached hydrogens (tertiary/aromatic N) is 2. The minimum Gasteiger partial charge on any atom is -0.329 e. The lowest BCUT2D eigenvalue weighted by Crippen LogP contribution is -2.52. The number of aromatic nitrogens is 1. The Morgan fingerprint density at radius 2 is 2.00 bits per heavy atom. The van der Waals surface area contributed by atoms with Crippen LogP contribution in [-0.2, 0) is 6.54 Å². The first-order chi connectivity index (χ1) is 10.2. The highest BCUT2D eigenvalue weighted by atomic mass is 15.2. The summed E-state index contributed by atoms with van der Waals surface area (Å²) in [5, 5.41) is 1.22. The summed E-state index contributed by atoms with van der Waals surface area (Å²) >= 11 is 0. The van der Waals surface area contributed by atoms with Crippen molar-refractivity contribution >= 4 is 10.9 Å². The van der Waals surface area contributed by atoms with Crippen molar-refractivity contribution in [1.82, 2.24) is 9.88 Å². The Kier molecular flexibility index (Phi) is 4.22. The van der Waals surface area contributed by atoms with Crippen LogP contribution in [-0.4, -0.2) is 29.0 Å². The summed E-state index contributed by atoms with van der Waals surface area (Å²) in [7, 11) is 2.23. The summed E-state index contributed by atoms with van der Waals surface area (Å²) in [4.78, 5) is 6.86. The van der Waals surface area contributed by atoms with Gasteiger partial charge in [-0.3, -0.25) is 9.88 Å². The van der Waals surface area contributed by atoms with Gasteiger partial charge in [0.1, 0.15) is 0 Å². The largest absolute Gasteiger partial charge is 0.329 e. The van der Waals surface area contributed by atoms with Crippen molar-refractivity contribution in [2.75, 3.05) is 13.6 Å². The highest BCUT2D eigenvalue weighted by molar-refractivity contribution is 5.78. The van der Waals surface area contributed by atoms with Crippen LogP contribution in [0.3, 0.4) is 0 Å². The zero-order valence-corrected chi connectivity index (χ0v) is 12.9. The van der Waals surface area contributed by atoms with E-state index >= 15 is 0 Å². The lowest BCUT2D eigenvalue weighted by atomic mass is 9.80. The van der Waals surface area contributed by atoms with Crippen molar-refractivity contribution in [3.05, 3.63) is 42.1 Å². The van der Waals surface area contributed by atoms with Gasteiger partial charge in [0, 0.05) is 30.2 Å². The Balaban J connectivity index is 1.80. The zero-order chi connectivity index (χ0) is 14.7. The highest BCUT2D eigenvalue weighted by Gasteiger charge is 2.34. The molecule has 0 atom stereocenters. The predicted octanol–water partition coefficient (Wildman–Crippen LogP) is 3.33. The molecule has 21 heavy (non-hydrogen) atoms. The number of nitrogens with two attached hydrogens (primary N) is 1. The number of hydrogen-bond donors (Lipinski definition) is 1.